The molecule has 0 aliphatic carbocycles. The van der Waals surface area contributed by atoms with Gasteiger partial charge in [-0.15, -0.1) is 0 Å². The molecular weight excluding hydrogens is 292 g/mol. The topological polar surface area (TPSA) is 75.3 Å². The second-order valence-corrected chi connectivity index (χ2v) is 4.84. The number of carbonyl (C=O) groups excluding carboxylic acids is 1. The third kappa shape index (κ3) is 4.24. The Morgan fingerprint density at radius 2 is 2.13 bits per heavy atom. The summed E-state index contributed by atoms with van der Waals surface area (Å²) in [6.07, 6.45) is 4.71. The standard InChI is InChI=1S/C18H18N2O3/c1-2-22-17(21)11-6-12-18(14-19,16-10-7-13-23-16)20-15-8-4-3-5-9-15/h3-11,13,20H,2,12H2,1H3/b11-6+. The third-order valence-electron chi connectivity index (χ3n) is 3.23. The zero-order chi connectivity index (χ0) is 16.5. The van der Waals surface area contributed by atoms with Gasteiger partial charge in [0, 0.05) is 18.2 Å². The molecule has 0 spiro atoms. The Hall–Kier alpha value is -3.00. The predicted molar refractivity (Wildman–Crippen MR) is 86.5 cm³/mol. The Kier molecular flexibility index (Phi) is 5.59. The lowest BCUT2D eigenvalue weighted by Crippen LogP contribution is -2.33. The van der Waals surface area contributed by atoms with Gasteiger partial charge in [0.1, 0.15) is 5.76 Å². The number of nitrogens with zero attached hydrogens (tertiary/aromatic N) is 1. The van der Waals surface area contributed by atoms with E-state index < -0.39 is 11.5 Å². The van der Waals surface area contributed by atoms with Crippen molar-refractivity contribution < 1.29 is 13.9 Å². The zero-order valence-electron chi connectivity index (χ0n) is 12.9. The largest absolute Gasteiger partial charge is 0.466 e. The molecule has 0 bridgehead atoms. The Labute approximate surface area is 135 Å². The first-order valence-corrected chi connectivity index (χ1v) is 7.32. The van der Waals surface area contributed by atoms with Crippen LogP contribution in [0.2, 0.25) is 0 Å². The van der Waals surface area contributed by atoms with Gasteiger partial charge in [0.25, 0.3) is 0 Å². The van der Waals surface area contributed by atoms with Crippen molar-refractivity contribution in [3.8, 4) is 6.07 Å². The average Bonchev–Trinajstić information content (AvgIpc) is 3.10. The highest BCUT2D eigenvalue weighted by molar-refractivity contribution is 5.81. The first-order valence-electron chi connectivity index (χ1n) is 7.32. The minimum absolute atomic E-state index is 0.255. The summed E-state index contributed by atoms with van der Waals surface area (Å²) in [4.78, 5) is 11.4. The van der Waals surface area contributed by atoms with Gasteiger partial charge in [0.2, 0.25) is 0 Å². The molecule has 0 amide bonds. The van der Waals surface area contributed by atoms with E-state index in [0.29, 0.717) is 12.4 Å². The molecule has 0 fully saturated rings. The quantitative estimate of drug-likeness (QED) is 0.624. The number of furan rings is 1. The Morgan fingerprint density at radius 3 is 2.74 bits per heavy atom. The highest BCUT2D eigenvalue weighted by atomic mass is 16.5. The summed E-state index contributed by atoms with van der Waals surface area (Å²) in [7, 11) is 0. The molecule has 1 atom stereocenters. The summed E-state index contributed by atoms with van der Waals surface area (Å²) in [5.74, 6) is 0.0517. The number of carbonyl (C=O) groups is 1. The summed E-state index contributed by atoms with van der Waals surface area (Å²) in [5.41, 5.74) is -0.316. The number of nitriles is 1. The highest BCUT2D eigenvalue weighted by Gasteiger charge is 2.34. The molecule has 2 rings (SSSR count). The molecule has 1 heterocycles. The van der Waals surface area contributed by atoms with Crippen LogP contribution < -0.4 is 5.32 Å². The van der Waals surface area contributed by atoms with Crippen LogP contribution in [0, 0.1) is 11.3 Å². The number of para-hydroxylation sites is 1. The van der Waals surface area contributed by atoms with Gasteiger partial charge in [-0.25, -0.2) is 4.79 Å². The number of ether oxygens (including phenoxy) is 1. The van der Waals surface area contributed by atoms with E-state index in [1.807, 2.05) is 30.3 Å². The average molecular weight is 310 g/mol. The fraction of sp³-hybridized carbons (Fsp3) is 0.222. The lowest BCUT2D eigenvalue weighted by atomic mass is 9.93. The number of hydrogen-bond donors (Lipinski definition) is 1. The van der Waals surface area contributed by atoms with Crippen molar-refractivity contribution in [2.24, 2.45) is 0 Å². The molecule has 0 saturated heterocycles. The maximum absolute atomic E-state index is 11.4. The summed E-state index contributed by atoms with van der Waals surface area (Å²) >= 11 is 0. The molecular formula is C18H18N2O3. The van der Waals surface area contributed by atoms with Crippen molar-refractivity contribution in [2.75, 3.05) is 11.9 Å². The summed E-state index contributed by atoms with van der Waals surface area (Å²) in [5, 5.41) is 12.9. The van der Waals surface area contributed by atoms with Crippen LogP contribution in [0.3, 0.4) is 0 Å². The molecule has 0 saturated carbocycles. The minimum Gasteiger partial charge on any atom is -0.466 e. The second-order valence-electron chi connectivity index (χ2n) is 4.84. The smallest absolute Gasteiger partial charge is 0.330 e. The van der Waals surface area contributed by atoms with Gasteiger partial charge in [-0.05, 0) is 31.2 Å². The molecule has 1 N–H and O–H groups in total. The summed E-state index contributed by atoms with van der Waals surface area (Å²) in [6, 6.07) is 15.1. The number of hydrogen-bond acceptors (Lipinski definition) is 5. The maximum atomic E-state index is 11.4. The molecule has 5 nitrogen and oxygen atoms in total. The van der Waals surface area contributed by atoms with Gasteiger partial charge < -0.3 is 14.5 Å². The van der Waals surface area contributed by atoms with E-state index in [1.165, 1.54) is 12.3 Å². The van der Waals surface area contributed by atoms with E-state index in [0.717, 1.165) is 5.69 Å². The Balaban J connectivity index is 2.25. The maximum Gasteiger partial charge on any atom is 0.330 e. The van der Waals surface area contributed by atoms with Crippen LogP contribution >= 0.6 is 0 Å². The van der Waals surface area contributed by atoms with Crippen molar-refractivity contribution in [1.29, 1.82) is 5.26 Å². The molecule has 0 aliphatic rings. The van der Waals surface area contributed by atoms with E-state index in [-0.39, 0.29) is 6.42 Å². The van der Waals surface area contributed by atoms with E-state index in [2.05, 4.69) is 11.4 Å². The number of rotatable bonds is 7. The molecule has 0 aliphatic heterocycles. The molecule has 1 aromatic heterocycles. The van der Waals surface area contributed by atoms with Crippen molar-refractivity contribution in [3.63, 3.8) is 0 Å². The van der Waals surface area contributed by atoms with Crippen LogP contribution in [0.25, 0.3) is 0 Å². The van der Waals surface area contributed by atoms with Gasteiger partial charge in [-0.1, -0.05) is 24.3 Å². The molecule has 1 aromatic carbocycles. The van der Waals surface area contributed by atoms with E-state index in [9.17, 15) is 10.1 Å². The summed E-state index contributed by atoms with van der Waals surface area (Å²) < 4.78 is 10.3. The van der Waals surface area contributed by atoms with E-state index >= 15 is 0 Å². The molecule has 23 heavy (non-hydrogen) atoms. The van der Waals surface area contributed by atoms with Gasteiger partial charge in [-0.2, -0.15) is 5.26 Å². The first kappa shape index (κ1) is 16.4. The monoisotopic (exact) mass is 310 g/mol. The molecule has 5 heteroatoms. The van der Waals surface area contributed by atoms with Gasteiger partial charge >= 0.3 is 5.97 Å². The van der Waals surface area contributed by atoms with Gasteiger partial charge in [0.15, 0.2) is 5.54 Å². The highest BCUT2D eigenvalue weighted by Crippen LogP contribution is 2.30. The number of nitrogens with one attached hydrogen (secondary N) is 1. The van der Waals surface area contributed by atoms with Crippen molar-refractivity contribution >= 4 is 11.7 Å². The molecule has 118 valence electrons. The van der Waals surface area contributed by atoms with Crippen LogP contribution in [0.15, 0.2) is 65.3 Å². The van der Waals surface area contributed by atoms with Crippen molar-refractivity contribution in [2.45, 2.75) is 18.9 Å². The SMILES string of the molecule is CCOC(=O)/C=C/CC(C#N)(Nc1ccccc1)c1ccco1. The van der Waals surface area contributed by atoms with E-state index in [4.69, 9.17) is 9.15 Å². The number of benzene rings is 1. The second kappa shape index (κ2) is 7.85. The van der Waals surface area contributed by atoms with Crippen LogP contribution in [-0.2, 0) is 15.1 Å². The van der Waals surface area contributed by atoms with Gasteiger partial charge in [-0.3, -0.25) is 0 Å². The fourth-order valence-corrected chi connectivity index (χ4v) is 2.15. The first-order chi connectivity index (χ1) is 11.2. The van der Waals surface area contributed by atoms with Crippen LogP contribution in [-0.4, -0.2) is 12.6 Å². The molecule has 2 aromatic rings. The minimum atomic E-state index is -1.10. The molecule has 0 radical (unpaired) electrons. The zero-order valence-corrected chi connectivity index (χ0v) is 12.9. The number of esters is 1. The van der Waals surface area contributed by atoms with E-state index in [1.54, 1.807) is 25.1 Å². The summed E-state index contributed by atoms with van der Waals surface area (Å²) in [6.45, 7) is 2.05. The van der Waals surface area contributed by atoms with Crippen LogP contribution in [0.5, 0.6) is 0 Å². The van der Waals surface area contributed by atoms with Crippen LogP contribution in [0.4, 0.5) is 5.69 Å². The third-order valence-corrected chi connectivity index (χ3v) is 3.23. The Morgan fingerprint density at radius 1 is 1.35 bits per heavy atom. The normalized spacial score (nSPS) is 13.2. The Bertz CT molecular complexity index is 687. The van der Waals surface area contributed by atoms with Crippen molar-refractivity contribution in [1.82, 2.24) is 0 Å². The lowest BCUT2D eigenvalue weighted by Gasteiger charge is -2.25. The van der Waals surface area contributed by atoms with Crippen molar-refractivity contribution in [3.05, 3.63) is 66.6 Å². The number of anilines is 1. The fourth-order valence-electron chi connectivity index (χ4n) is 2.15. The van der Waals surface area contributed by atoms with Gasteiger partial charge in [0.05, 0.1) is 18.9 Å². The molecule has 1 unspecified atom stereocenters. The lowest BCUT2D eigenvalue weighted by molar-refractivity contribution is -0.137. The van der Waals surface area contributed by atoms with Crippen LogP contribution in [0.1, 0.15) is 19.1 Å². The predicted octanol–water partition coefficient (Wildman–Crippen LogP) is 3.62.